The molecule has 0 spiro atoms. The van der Waals surface area contributed by atoms with Gasteiger partial charge in [0.2, 0.25) is 0 Å². The number of rotatable bonds is 6. The highest BCUT2D eigenvalue weighted by Crippen LogP contribution is 2.28. The zero-order valence-electron chi connectivity index (χ0n) is 16.8. The third kappa shape index (κ3) is 4.96. The minimum absolute atomic E-state index is 0.0428. The van der Waals surface area contributed by atoms with Crippen molar-refractivity contribution in [1.82, 2.24) is 5.32 Å². The standard InChI is InChI=1S/C25H23ClFNO3/c26-22-10-8-19(13-23(22)27)24(29)14-28-21-9-7-16-3-6-18(11-20(16)12-21)15-1-4-17(5-2-15)25(30)31/h1-6,8,10-11,13,21,24,28-29H,7,9,12,14H2,(H,30,31)/t21-,24+/m0/s1. The third-order valence-electron chi connectivity index (χ3n) is 5.83. The second kappa shape index (κ2) is 9.18. The van der Waals surface area contributed by atoms with Crippen LogP contribution in [0.25, 0.3) is 11.1 Å². The van der Waals surface area contributed by atoms with E-state index in [0.29, 0.717) is 12.1 Å². The van der Waals surface area contributed by atoms with Gasteiger partial charge >= 0.3 is 5.97 Å². The number of aromatic carboxylic acids is 1. The van der Waals surface area contributed by atoms with Gasteiger partial charge in [-0.3, -0.25) is 0 Å². The fourth-order valence-electron chi connectivity index (χ4n) is 4.03. The minimum atomic E-state index is -0.936. The quantitative estimate of drug-likeness (QED) is 0.504. The summed E-state index contributed by atoms with van der Waals surface area (Å²) >= 11 is 5.71. The zero-order valence-corrected chi connectivity index (χ0v) is 17.6. The van der Waals surface area contributed by atoms with E-state index in [1.165, 1.54) is 23.3 Å². The maximum absolute atomic E-state index is 13.6. The first-order chi connectivity index (χ1) is 14.9. The van der Waals surface area contributed by atoms with E-state index in [0.717, 1.165) is 30.4 Å². The van der Waals surface area contributed by atoms with Crippen LogP contribution < -0.4 is 5.32 Å². The summed E-state index contributed by atoms with van der Waals surface area (Å²) in [4.78, 5) is 11.1. The topological polar surface area (TPSA) is 69.6 Å². The molecule has 0 fully saturated rings. The first-order valence-electron chi connectivity index (χ1n) is 10.2. The molecule has 2 atom stereocenters. The van der Waals surface area contributed by atoms with E-state index in [4.69, 9.17) is 16.7 Å². The normalized spacial score (nSPS) is 16.5. The molecule has 1 aliphatic carbocycles. The molecule has 3 aromatic carbocycles. The lowest BCUT2D eigenvalue weighted by Crippen LogP contribution is -2.37. The SMILES string of the molecule is O=C(O)c1ccc(-c2ccc3c(c2)C[C@@H](NC[C@@H](O)c2ccc(Cl)c(F)c2)CC3)cc1. The zero-order chi connectivity index (χ0) is 22.0. The van der Waals surface area contributed by atoms with Crippen LogP contribution in [0.3, 0.4) is 0 Å². The van der Waals surface area contributed by atoms with Gasteiger partial charge in [-0.25, -0.2) is 9.18 Å². The monoisotopic (exact) mass is 439 g/mol. The summed E-state index contributed by atoms with van der Waals surface area (Å²) in [5, 5.41) is 22.9. The molecule has 0 saturated carbocycles. The molecule has 0 aromatic heterocycles. The Morgan fingerprint density at radius 2 is 1.81 bits per heavy atom. The fraction of sp³-hybridized carbons (Fsp3) is 0.240. The number of benzene rings is 3. The Morgan fingerprint density at radius 1 is 1.06 bits per heavy atom. The average Bonchev–Trinajstić information content (AvgIpc) is 2.78. The van der Waals surface area contributed by atoms with Crippen molar-refractivity contribution >= 4 is 17.6 Å². The lowest BCUT2D eigenvalue weighted by atomic mass is 9.86. The van der Waals surface area contributed by atoms with Crippen LogP contribution in [-0.4, -0.2) is 28.8 Å². The molecule has 1 aliphatic rings. The third-order valence-corrected chi connectivity index (χ3v) is 6.13. The number of aliphatic hydroxyl groups is 1. The number of aryl methyl sites for hydroxylation is 1. The van der Waals surface area contributed by atoms with Gasteiger partial charge in [-0.15, -0.1) is 0 Å². The van der Waals surface area contributed by atoms with Crippen LogP contribution in [0.4, 0.5) is 4.39 Å². The van der Waals surface area contributed by atoms with E-state index in [-0.39, 0.29) is 16.6 Å². The van der Waals surface area contributed by atoms with E-state index >= 15 is 0 Å². The summed E-state index contributed by atoms with van der Waals surface area (Å²) in [6, 6.07) is 17.8. The summed E-state index contributed by atoms with van der Waals surface area (Å²) < 4.78 is 13.6. The number of aliphatic hydroxyl groups excluding tert-OH is 1. The number of fused-ring (bicyclic) bond motifs is 1. The molecule has 3 aromatic rings. The molecule has 0 heterocycles. The Balaban J connectivity index is 1.42. The van der Waals surface area contributed by atoms with Crippen molar-refractivity contribution in [3.05, 3.63) is 93.8 Å². The van der Waals surface area contributed by atoms with Crippen molar-refractivity contribution < 1.29 is 19.4 Å². The Hall–Kier alpha value is -2.73. The summed E-state index contributed by atoms with van der Waals surface area (Å²) in [6.07, 6.45) is 1.92. The molecular formula is C25H23ClFNO3. The summed E-state index contributed by atoms with van der Waals surface area (Å²) in [7, 11) is 0. The second-order valence-electron chi connectivity index (χ2n) is 7.90. The van der Waals surface area contributed by atoms with E-state index in [9.17, 15) is 14.3 Å². The molecule has 0 unspecified atom stereocenters. The molecule has 0 aliphatic heterocycles. The Kier molecular flexibility index (Phi) is 6.37. The van der Waals surface area contributed by atoms with Crippen molar-refractivity contribution in [2.24, 2.45) is 0 Å². The van der Waals surface area contributed by atoms with Crippen LogP contribution in [0.1, 0.15) is 39.6 Å². The summed E-state index contributed by atoms with van der Waals surface area (Å²) in [6.45, 7) is 0.331. The number of hydrogen-bond donors (Lipinski definition) is 3. The summed E-state index contributed by atoms with van der Waals surface area (Å²) in [5.74, 6) is -1.47. The first-order valence-corrected chi connectivity index (χ1v) is 10.6. The lowest BCUT2D eigenvalue weighted by molar-refractivity contribution is 0.0697. The molecule has 3 N–H and O–H groups in total. The number of nitrogens with one attached hydrogen (secondary N) is 1. The highest BCUT2D eigenvalue weighted by atomic mass is 35.5. The number of carbonyl (C=O) groups is 1. The van der Waals surface area contributed by atoms with Crippen LogP contribution in [0.2, 0.25) is 5.02 Å². The van der Waals surface area contributed by atoms with Crippen molar-refractivity contribution in [3.8, 4) is 11.1 Å². The smallest absolute Gasteiger partial charge is 0.335 e. The molecule has 0 bridgehead atoms. The average molecular weight is 440 g/mol. The van der Waals surface area contributed by atoms with Crippen LogP contribution >= 0.6 is 11.6 Å². The van der Waals surface area contributed by atoms with Crippen LogP contribution in [-0.2, 0) is 12.8 Å². The Labute approximate surface area is 185 Å². The molecule has 31 heavy (non-hydrogen) atoms. The van der Waals surface area contributed by atoms with E-state index in [2.05, 4.69) is 23.5 Å². The van der Waals surface area contributed by atoms with E-state index in [1.807, 2.05) is 12.1 Å². The number of halogens is 2. The van der Waals surface area contributed by atoms with Gasteiger partial charge in [0.05, 0.1) is 16.7 Å². The van der Waals surface area contributed by atoms with Crippen molar-refractivity contribution in [2.45, 2.75) is 31.4 Å². The second-order valence-corrected chi connectivity index (χ2v) is 8.31. The van der Waals surface area contributed by atoms with Gasteiger partial charge in [0.25, 0.3) is 0 Å². The van der Waals surface area contributed by atoms with E-state index < -0.39 is 17.9 Å². The molecule has 4 rings (SSSR count). The van der Waals surface area contributed by atoms with Gasteiger partial charge in [0.15, 0.2) is 0 Å². The minimum Gasteiger partial charge on any atom is -0.478 e. The van der Waals surface area contributed by atoms with Crippen LogP contribution in [0.15, 0.2) is 60.7 Å². The van der Waals surface area contributed by atoms with Gasteiger partial charge in [0, 0.05) is 12.6 Å². The molecular weight excluding hydrogens is 417 g/mol. The fourth-order valence-corrected chi connectivity index (χ4v) is 4.15. The number of carboxylic acid groups (broad SMARTS) is 1. The van der Waals surface area contributed by atoms with Crippen LogP contribution in [0.5, 0.6) is 0 Å². The van der Waals surface area contributed by atoms with Gasteiger partial charge in [-0.2, -0.15) is 0 Å². The summed E-state index contributed by atoms with van der Waals surface area (Å²) in [5.41, 5.74) is 5.35. The first kappa shape index (κ1) is 21.5. The van der Waals surface area contributed by atoms with Crippen molar-refractivity contribution in [2.75, 3.05) is 6.54 Å². The number of hydrogen-bond acceptors (Lipinski definition) is 3. The van der Waals surface area contributed by atoms with Gasteiger partial charge in [-0.1, -0.05) is 48.0 Å². The predicted octanol–water partition coefficient (Wildman–Crippen LogP) is 5.02. The molecule has 160 valence electrons. The highest BCUT2D eigenvalue weighted by molar-refractivity contribution is 6.30. The maximum Gasteiger partial charge on any atom is 0.335 e. The van der Waals surface area contributed by atoms with Gasteiger partial charge in [0.1, 0.15) is 5.82 Å². The molecule has 4 nitrogen and oxygen atoms in total. The molecule has 0 radical (unpaired) electrons. The Bertz CT molecular complexity index is 1100. The van der Waals surface area contributed by atoms with Crippen LogP contribution in [0, 0.1) is 5.82 Å². The highest BCUT2D eigenvalue weighted by Gasteiger charge is 2.20. The largest absolute Gasteiger partial charge is 0.478 e. The number of carboxylic acids is 1. The lowest BCUT2D eigenvalue weighted by Gasteiger charge is -2.27. The van der Waals surface area contributed by atoms with E-state index in [1.54, 1.807) is 18.2 Å². The molecule has 6 heteroatoms. The van der Waals surface area contributed by atoms with Gasteiger partial charge in [-0.05, 0) is 71.3 Å². The molecule has 0 saturated heterocycles. The Morgan fingerprint density at radius 3 is 2.52 bits per heavy atom. The van der Waals surface area contributed by atoms with Crippen molar-refractivity contribution in [3.63, 3.8) is 0 Å². The molecule has 0 amide bonds. The van der Waals surface area contributed by atoms with Gasteiger partial charge < -0.3 is 15.5 Å². The predicted molar refractivity (Wildman–Crippen MR) is 119 cm³/mol. The maximum atomic E-state index is 13.6. The van der Waals surface area contributed by atoms with Crippen molar-refractivity contribution in [1.29, 1.82) is 0 Å².